The molecule has 4 heterocycles. The van der Waals surface area contributed by atoms with Crippen molar-refractivity contribution < 1.29 is 0 Å². The normalized spacial score (nSPS) is 14.7. The van der Waals surface area contributed by atoms with Gasteiger partial charge in [0.05, 0.1) is 16.1 Å². The summed E-state index contributed by atoms with van der Waals surface area (Å²) < 4.78 is 0. The minimum absolute atomic E-state index is 0.504. The number of fused-ring (bicyclic) bond motifs is 1. The van der Waals surface area contributed by atoms with Crippen LogP contribution in [-0.2, 0) is 0 Å². The first-order valence-electron chi connectivity index (χ1n) is 9.85. The average Bonchev–Trinajstić information content (AvgIpc) is 3.43. The molecule has 1 aliphatic rings. The highest BCUT2D eigenvalue weighted by atomic mass is 32.1. The van der Waals surface area contributed by atoms with E-state index >= 15 is 0 Å². The van der Waals surface area contributed by atoms with Crippen LogP contribution in [0.25, 0.3) is 21.6 Å². The number of nitriles is 1. The molecule has 30 heavy (non-hydrogen) atoms. The smallest absolute Gasteiger partial charge is 0.229 e. The van der Waals surface area contributed by atoms with Crippen LogP contribution in [0.15, 0.2) is 48.0 Å². The molecule has 2 N–H and O–H groups in total. The van der Waals surface area contributed by atoms with E-state index in [0.29, 0.717) is 11.5 Å². The number of aromatic amines is 1. The molecule has 0 unspecified atom stereocenters. The molecule has 0 bridgehead atoms. The number of anilines is 3. The van der Waals surface area contributed by atoms with Crippen molar-refractivity contribution in [1.29, 1.82) is 5.26 Å². The highest BCUT2D eigenvalue weighted by molar-refractivity contribution is 7.13. The predicted molar refractivity (Wildman–Crippen MR) is 121 cm³/mol. The van der Waals surface area contributed by atoms with E-state index in [-0.39, 0.29) is 0 Å². The average molecular weight is 416 g/mol. The zero-order chi connectivity index (χ0) is 20.5. The third-order valence-corrected chi connectivity index (χ3v) is 6.33. The number of hydrogen-bond donors (Lipinski definition) is 2. The van der Waals surface area contributed by atoms with Gasteiger partial charge in [0.25, 0.3) is 0 Å². The lowest BCUT2D eigenvalue weighted by atomic mass is 10.2. The Hall–Kier alpha value is -3.41. The molecule has 1 saturated heterocycles. The fourth-order valence-corrected chi connectivity index (χ4v) is 4.55. The van der Waals surface area contributed by atoms with Crippen LogP contribution in [0.3, 0.4) is 0 Å². The standard InChI is InChI=1S/C22H21N7S/c1-28-9-11-29(12-10-28)17-4-2-16(3-5-17)25-22-26-19(18-6-8-24-21(18)27-22)20-15(14-23)7-13-30-20/h2-8,13H,9-12H2,1H3,(H2,24,25,26,27). The van der Waals surface area contributed by atoms with Gasteiger partial charge in [-0.3, -0.25) is 0 Å². The molecule has 150 valence electrons. The fraction of sp³-hybridized carbons (Fsp3) is 0.227. The van der Waals surface area contributed by atoms with Crippen LogP contribution < -0.4 is 10.2 Å². The number of piperazine rings is 1. The zero-order valence-electron chi connectivity index (χ0n) is 16.6. The van der Waals surface area contributed by atoms with Crippen molar-refractivity contribution in [2.45, 2.75) is 0 Å². The first kappa shape index (κ1) is 18.6. The van der Waals surface area contributed by atoms with Crippen LogP contribution in [0.1, 0.15) is 5.56 Å². The summed E-state index contributed by atoms with van der Waals surface area (Å²) in [4.78, 5) is 18.1. The van der Waals surface area contributed by atoms with Gasteiger partial charge < -0.3 is 20.1 Å². The highest BCUT2D eigenvalue weighted by Gasteiger charge is 2.16. The number of hydrogen-bond acceptors (Lipinski definition) is 7. The van der Waals surface area contributed by atoms with Gasteiger partial charge in [0.1, 0.15) is 11.7 Å². The minimum Gasteiger partial charge on any atom is -0.369 e. The van der Waals surface area contributed by atoms with Gasteiger partial charge in [0.15, 0.2) is 0 Å². The second kappa shape index (κ2) is 7.78. The molecule has 4 aromatic rings. The van der Waals surface area contributed by atoms with E-state index in [1.54, 1.807) is 0 Å². The van der Waals surface area contributed by atoms with E-state index in [9.17, 15) is 5.26 Å². The summed E-state index contributed by atoms with van der Waals surface area (Å²) >= 11 is 1.51. The van der Waals surface area contributed by atoms with E-state index in [2.05, 4.69) is 62.5 Å². The Bertz CT molecular complexity index is 1210. The first-order valence-corrected chi connectivity index (χ1v) is 10.7. The van der Waals surface area contributed by atoms with Gasteiger partial charge in [0, 0.05) is 49.1 Å². The number of thiophene rings is 1. The Morgan fingerprint density at radius 3 is 2.63 bits per heavy atom. The molecule has 0 saturated carbocycles. The maximum Gasteiger partial charge on any atom is 0.229 e. The molecule has 0 aliphatic carbocycles. The summed E-state index contributed by atoms with van der Waals surface area (Å²) in [6, 6.07) is 14.4. The molecule has 8 heteroatoms. The molecule has 5 rings (SSSR count). The number of likely N-dealkylation sites (N-methyl/N-ethyl adjacent to an activating group) is 1. The summed E-state index contributed by atoms with van der Waals surface area (Å²) in [5, 5.41) is 15.6. The van der Waals surface area contributed by atoms with Gasteiger partial charge in [-0.15, -0.1) is 11.3 Å². The van der Waals surface area contributed by atoms with Crippen molar-refractivity contribution in [1.82, 2.24) is 19.9 Å². The Balaban J connectivity index is 1.43. The second-order valence-electron chi connectivity index (χ2n) is 7.37. The number of nitrogens with one attached hydrogen (secondary N) is 2. The Morgan fingerprint density at radius 1 is 1.07 bits per heavy atom. The largest absolute Gasteiger partial charge is 0.369 e. The van der Waals surface area contributed by atoms with Crippen molar-refractivity contribution in [3.63, 3.8) is 0 Å². The van der Waals surface area contributed by atoms with Crippen molar-refractivity contribution in [2.24, 2.45) is 0 Å². The van der Waals surface area contributed by atoms with E-state index in [0.717, 1.165) is 53.5 Å². The second-order valence-corrected chi connectivity index (χ2v) is 8.29. The minimum atomic E-state index is 0.504. The van der Waals surface area contributed by atoms with Crippen LogP contribution in [-0.4, -0.2) is 53.1 Å². The van der Waals surface area contributed by atoms with Crippen molar-refractivity contribution in [2.75, 3.05) is 43.4 Å². The molecule has 0 amide bonds. The zero-order valence-corrected chi connectivity index (χ0v) is 17.4. The fourth-order valence-electron chi connectivity index (χ4n) is 3.70. The predicted octanol–water partition coefficient (Wildman–Crippen LogP) is 4.05. The van der Waals surface area contributed by atoms with Crippen molar-refractivity contribution in [3.8, 4) is 16.6 Å². The molecule has 0 spiro atoms. The van der Waals surface area contributed by atoms with Gasteiger partial charge in [-0.25, -0.2) is 4.98 Å². The molecule has 3 aromatic heterocycles. The quantitative estimate of drug-likeness (QED) is 0.523. The van der Waals surface area contributed by atoms with Gasteiger partial charge in [-0.2, -0.15) is 10.2 Å². The van der Waals surface area contributed by atoms with Gasteiger partial charge in [-0.1, -0.05) is 0 Å². The van der Waals surface area contributed by atoms with Crippen LogP contribution in [0.2, 0.25) is 0 Å². The number of nitrogens with zero attached hydrogens (tertiary/aromatic N) is 5. The Kier molecular flexibility index (Phi) is 4.83. The molecule has 0 radical (unpaired) electrons. The maximum atomic E-state index is 9.43. The lowest BCUT2D eigenvalue weighted by molar-refractivity contribution is 0.313. The van der Waals surface area contributed by atoms with Gasteiger partial charge in [-0.05, 0) is 48.8 Å². The summed E-state index contributed by atoms with van der Waals surface area (Å²) in [6.45, 7) is 4.25. The lowest BCUT2D eigenvalue weighted by Crippen LogP contribution is -2.44. The van der Waals surface area contributed by atoms with Crippen LogP contribution >= 0.6 is 11.3 Å². The molecule has 7 nitrogen and oxygen atoms in total. The maximum absolute atomic E-state index is 9.43. The Morgan fingerprint density at radius 2 is 1.87 bits per heavy atom. The number of aromatic nitrogens is 3. The van der Waals surface area contributed by atoms with E-state index < -0.39 is 0 Å². The van der Waals surface area contributed by atoms with Crippen molar-refractivity contribution >= 4 is 39.7 Å². The third kappa shape index (κ3) is 3.49. The Labute approximate surface area is 178 Å². The molecule has 0 atom stereocenters. The summed E-state index contributed by atoms with van der Waals surface area (Å²) in [7, 11) is 2.16. The number of H-pyrrole nitrogens is 1. The molecule has 1 fully saturated rings. The van der Waals surface area contributed by atoms with E-state index in [1.807, 2.05) is 23.7 Å². The number of benzene rings is 1. The monoisotopic (exact) mass is 415 g/mol. The summed E-state index contributed by atoms with van der Waals surface area (Å²) in [5.41, 5.74) is 4.30. The first-order chi connectivity index (χ1) is 14.7. The molecule has 1 aliphatic heterocycles. The third-order valence-electron chi connectivity index (χ3n) is 5.41. The SMILES string of the molecule is CN1CCN(c2ccc(Nc3nc(-c4sccc4C#N)c4cc[nH]c4n3)cc2)CC1. The van der Waals surface area contributed by atoms with Crippen molar-refractivity contribution in [3.05, 3.63) is 53.5 Å². The van der Waals surface area contributed by atoms with Gasteiger partial charge >= 0.3 is 0 Å². The topological polar surface area (TPSA) is 83.9 Å². The molecule has 1 aromatic carbocycles. The highest BCUT2D eigenvalue weighted by Crippen LogP contribution is 2.33. The van der Waals surface area contributed by atoms with E-state index in [4.69, 9.17) is 4.98 Å². The van der Waals surface area contributed by atoms with Crippen LogP contribution in [0, 0.1) is 11.3 Å². The molecular formula is C22H21N7S. The molecular weight excluding hydrogens is 394 g/mol. The van der Waals surface area contributed by atoms with Crippen LogP contribution in [0.5, 0.6) is 0 Å². The summed E-state index contributed by atoms with van der Waals surface area (Å²) in [5.74, 6) is 0.504. The number of rotatable bonds is 4. The van der Waals surface area contributed by atoms with E-state index in [1.165, 1.54) is 17.0 Å². The van der Waals surface area contributed by atoms with Crippen LogP contribution in [0.4, 0.5) is 17.3 Å². The lowest BCUT2D eigenvalue weighted by Gasteiger charge is -2.34. The summed E-state index contributed by atoms with van der Waals surface area (Å²) in [6.07, 6.45) is 1.84. The van der Waals surface area contributed by atoms with Gasteiger partial charge in [0.2, 0.25) is 5.95 Å².